The number of rotatable bonds is 3. The maximum Gasteiger partial charge on any atom is 0.416 e. The molecule has 0 aliphatic rings. The summed E-state index contributed by atoms with van der Waals surface area (Å²) in [4.78, 5) is 3.88. The second kappa shape index (κ2) is 6.24. The molecule has 1 N–H and O–H groups in total. The molecule has 9 heteroatoms. The molecule has 25 heavy (non-hydrogen) atoms. The van der Waals surface area contributed by atoms with Gasteiger partial charge in [0, 0.05) is 5.56 Å². The molecule has 0 spiro atoms. The van der Waals surface area contributed by atoms with Gasteiger partial charge in [-0.25, -0.2) is 4.98 Å². The van der Waals surface area contributed by atoms with E-state index in [9.17, 15) is 13.2 Å². The summed E-state index contributed by atoms with van der Waals surface area (Å²) >= 11 is 0. The van der Waals surface area contributed by atoms with Crippen molar-refractivity contribution in [3.05, 3.63) is 53.3 Å². The summed E-state index contributed by atoms with van der Waals surface area (Å²) in [5.41, 5.74) is 0.519. The summed E-state index contributed by atoms with van der Waals surface area (Å²) in [5, 5.41) is 19.1. The molecule has 0 amide bonds. The zero-order valence-electron chi connectivity index (χ0n) is 12.8. The molecule has 0 saturated heterocycles. The molecule has 0 unspecified atom stereocenters. The number of alkyl halides is 3. The van der Waals surface area contributed by atoms with Crippen LogP contribution < -0.4 is 5.32 Å². The third kappa shape index (κ3) is 3.58. The third-order valence-electron chi connectivity index (χ3n) is 3.33. The van der Waals surface area contributed by atoms with E-state index in [1.807, 2.05) is 6.07 Å². The Kier molecular flexibility index (Phi) is 4.10. The first-order chi connectivity index (χ1) is 11.9. The summed E-state index contributed by atoms with van der Waals surface area (Å²) in [7, 11) is 0. The molecule has 0 saturated carbocycles. The Labute approximate surface area is 140 Å². The van der Waals surface area contributed by atoms with Crippen molar-refractivity contribution in [3.63, 3.8) is 0 Å². The molecule has 0 atom stereocenters. The Morgan fingerprint density at radius 3 is 2.56 bits per heavy atom. The van der Waals surface area contributed by atoms with Gasteiger partial charge in [-0.15, -0.1) is 5.10 Å². The highest BCUT2D eigenvalue weighted by Gasteiger charge is 2.32. The number of nitrogens with zero attached hydrogens (tertiary/aromatic N) is 4. The SMILES string of the molecule is Cc1cc(-c2nnc(Nc3ccc(C#N)nc3)o2)ccc1C(F)(F)F. The Morgan fingerprint density at radius 1 is 1.16 bits per heavy atom. The molecular weight excluding hydrogens is 335 g/mol. The Morgan fingerprint density at radius 2 is 1.96 bits per heavy atom. The molecule has 0 fully saturated rings. The van der Waals surface area contributed by atoms with Gasteiger partial charge in [0.25, 0.3) is 0 Å². The zero-order chi connectivity index (χ0) is 18.0. The average molecular weight is 345 g/mol. The molecular formula is C16H10F3N5O. The van der Waals surface area contributed by atoms with Crippen LogP contribution in [-0.4, -0.2) is 15.2 Å². The number of nitriles is 1. The van der Waals surface area contributed by atoms with Crippen molar-refractivity contribution in [3.8, 4) is 17.5 Å². The van der Waals surface area contributed by atoms with Gasteiger partial charge in [-0.2, -0.15) is 18.4 Å². The molecule has 0 aliphatic carbocycles. The first-order valence-electron chi connectivity index (χ1n) is 7.02. The molecule has 3 rings (SSSR count). The number of hydrogen-bond donors (Lipinski definition) is 1. The predicted molar refractivity (Wildman–Crippen MR) is 81.7 cm³/mol. The minimum atomic E-state index is -4.41. The van der Waals surface area contributed by atoms with E-state index in [1.165, 1.54) is 31.3 Å². The number of halogens is 3. The third-order valence-corrected chi connectivity index (χ3v) is 3.33. The average Bonchev–Trinajstić information content (AvgIpc) is 3.03. The van der Waals surface area contributed by atoms with Crippen LogP contribution in [0.4, 0.5) is 24.9 Å². The molecule has 6 nitrogen and oxygen atoms in total. The van der Waals surface area contributed by atoms with Crippen LogP contribution in [0.1, 0.15) is 16.8 Å². The van der Waals surface area contributed by atoms with Crippen LogP contribution >= 0.6 is 0 Å². The number of aryl methyl sites for hydroxylation is 1. The summed E-state index contributed by atoms with van der Waals surface area (Å²) in [5.74, 6) is 0.0842. The van der Waals surface area contributed by atoms with Gasteiger partial charge in [0.2, 0.25) is 5.89 Å². The molecule has 0 aliphatic heterocycles. The van der Waals surface area contributed by atoms with Gasteiger partial charge in [0.15, 0.2) is 0 Å². The summed E-state index contributed by atoms with van der Waals surface area (Å²) in [6.07, 6.45) is -2.99. The van der Waals surface area contributed by atoms with Gasteiger partial charge < -0.3 is 9.73 Å². The van der Waals surface area contributed by atoms with Gasteiger partial charge in [-0.1, -0.05) is 5.10 Å². The molecule has 126 valence electrons. The second-order valence-electron chi connectivity index (χ2n) is 5.11. The first kappa shape index (κ1) is 16.4. The highest BCUT2D eigenvalue weighted by molar-refractivity contribution is 5.58. The predicted octanol–water partition coefficient (Wildman–Crippen LogP) is 4.07. The van der Waals surface area contributed by atoms with Crippen LogP contribution in [0.5, 0.6) is 0 Å². The number of nitrogens with one attached hydrogen (secondary N) is 1. The number of benzene rings is 1. The van der Waals surface area contributed by atoms with E-state index in [-0.39, 0.29) is 23.2 Å². The van der Waals surface area contributed by atoms with Gasteiger partial charge in [0.1, 0.15) is 11.8 Å². The minimum Gasteiger partial charge on any atom is -0.403 e. The van der Waals surface area contributed by atoms with Crippen LogP contribution in [-0.2, 0) is 6.18 Å². The van der Waals surface area contributed by atoms with Crippen molar-refractivity contribution in [2.75, 3.05) is 5.32 Å². The minimum absolute atomic E-state index is 0.0547. The van der Waals surface area contributed by atoms with Crippen molar-refractivity contribution >= 4 is 11.7 Å². The lowest BCUT2D eigenvalue weighted by molar-refractivity contribution is -0.138. The molecule has 1 aromatic carbocycles. The smallest absolute Gasteiger partial charge is 0.403 e. The maximum atomic E-state index is 12.8. The lowest BCUT2D eigenvalue weighted by Gasteiger charge is -2.10. The fourth-order valence-electron chi connectivity index (χ4n) is 2.16. The monoisotopic (exact) mass is 345 g/mol. The van der Waals surface area contributed by atoms with E-state index in [1.54, 1.807) is 6.07 Å². The van der Waals surface area contributed by atoms with Gasteiger partial charge in [-0.05, 0) is 42.8 Å². The molecule has 2 heterocycles. The van der Waals surface area contributed by atoms with Gasteiger partial charge in [0.05, 0.1) is 17.4 Å². The Bertz CT molecular complexity index is 942. The molecule has 0 radical (unpaired) electrons. The standard InChI is InChI=1S/C16H10F3N5O/c1-9-6-10(2-5-13(9)16(17,18)19)14-23-24-15(25-14)22-12-4-3-11(7-20)21-8-12/h2-6,8H,1H3,(H,22,24). The lowest BCUT2D eigenvalue weighted by atomic mass is 10.0. The summed E-state index contributed by atoms with van der Waals surface area (Å²) in [6, 6.07) is 8.66. The number of aromatic nitrogens is 3. The Hall–Kier alpha value is -3.41. The second-order valence-corrected chi connectivity index (χ2v) is 5.11. The van der Waals surface area contributed by atoms with E-state index in [0.29, 0.717) is 11.3 Å². The summed E-state index contributed by atoms with van der Waals surface area (Å²) in [6.45, 7) is 1.37. The van der Waals surface area contributed by atoms with Crippen LogP contribution in [0, 0.1) is 18.3 Å². The van der Waals surface area contributed by atoms with Crippen molar-refractivity contribution in [2.45, 2.75) is 13.1 Å². The van der Waals surface area contributed by atoms with Crippen LogP contribution in [0.2, 0.25) is 0 Å². The van der Waals surface area contributed by atoms with E-state index in [0.717, 1.165) is 6.07 Å². The number of hydrogen-bond acceptors (Lipinski definition) is 6. The lowest BCUT2D eigenvalue weighted by Crippen LogP contribution is -2.07. The highest BCUT2D eigenvalue weighted by atomic mass is 19.4. The normalized spacial score (nSPS) is 11.2. The van der Waals surface area contributed by atoms with Crippen molar-refractivity contribution < 1.29 is 17.6 Å². The maximum absolute atomic E-state index is 12.8. The highest BCUT2D eigenvalue weighted by Crippen LogP contribution is 2.34. The quantitative estimate of drug-likeness (QED) is 0.770. The van der Waals surface area contributed by atoms with Gasteiger partial charge in [-0.3, -0.25) is 0 Å². The first-order valence-corrected chi connectivity index (χ1v) is 7.02. The fourth-order valence-corrected chi connectivity index (χ4v) is 2.16. The zero-order valence-corrected chi connectivity index (χ0v) is 12.8. The van der Waals surface area contributed by atoms with Crippen molar-refractivity contribution in [1.82, 2.24) is 15.2 Å². The number of anilines is 2. The molecule has 2 aromatic heterocycles. The number of pyridine rings is 1. The van der Waals surface area contributed by atoms with Crippen LogP contribution in [0.15, 0.2) is 40.9 Å². The molecule has 3 aromatic rings. The van der Waals surface area contributed by atoms with Crippen LogP contribution in [0.25, 0.3) is 11.5 Å². The Balaban J connectivity index is 1.81. The molecule has 0 bridgehead atoms. The van der Waals surface area contributed by atoms with E-state index < -0.39 is 11.7 Å². The van der Waals surface area contributed by atoms with Crippen LogP contribution in [0.3, 0.4) is 0 Å². The van der Waals surface area contributed by atoms with Gasteiger partial charge >= 0.3 is 12.2 Å². The fraction of sp³-hybridized carbons (Fsp3) is 0.125. The van der Waals surface area contributed by atoms with E-state index in [4.69, 9.17) is 9.68 Å². The topological polar surface area (TPSA) is 87.6 Å². The van der Waals surface area contributed by atoms with E-state index >= 15 is 0 Å². The summed E-state index contributed by atoms with van der Waals surface area (Å²) < 4.78 is 43.8. The van der Waals surface area contributed by atoms with Crippen molar-refractivity contribution in [1.29, 1.82) is 5.26 Å². The van der Waals surface area contributed by atoms with Crippen molar-refractivity contribution in [2.24, 2.45) is 0 Å². The van der Waals surface area contributed by atoms with E-state index in [2.05, 4.69) is 20.5 Å². The largest absolute Gasteiger partial charge is 0.416 e.